The molecule has 0 saturated heterocycles. The maximum Gasteiger partial charge on any atom is 0.338 e. The van der Waals surface area contributed by atoms with Gasteiger partial charge < -0.3 is 5.11 Å². The first-order chi connectivity index (χ1) is 9.95. The molecule has 8 heteroatoms. The number of rotatable bonds is 5. The molecule has 1 aromatic heterocycles. The van der Waals surface area contributed by atoms with Crippen LogP contribution in [0.5, 0.6) is 0 Å². The Morgan fingerprint density at radius 3 is 2.81 bits per heavy atom. The van der Waals surface area contributed by atoms with Crippen LogP contribution in [-0.2, 0) is 6.42 Å². The fourth-order valence-electron chi connectivity index (χ4n) is 2.02. The molecule has 21 heavy (non-hydrogen) atoms. The Hall–Kier alpha value is -2.77. The second kappa shape index (κ2) is 5.70. The zero-order chi connectivity index (χ0) is 15.6. The molecule has 0 bridgehead atoms. The third-order valence-corrected chi connectivity index (χ3v) is 2.94. The topological polar surface area (TPSA) is 98.3 Å². The number of hydrogen-bond acceptors (Lipinski definition) is 4. The molecule has 7 nitrogen and oxygen atoms in total. The van der Waals surface area contributed by atoms with Crippen LogP contribution >= 0.6 is 0 Å². The summed E-state index contributed by atoms with van der Waals surface area (Å²) < 4.78 is 15.0. The van der Waals surface area contributed by atoms with Gasteiger partial charge in [-0.25, -0.2) is 14.2 Å². The zero-order valence-electron chi connectivity index (χ0n) is 11.1. The Balaban J connectivity index is 2.70. The van der Waals surface area contributed by atoms with Crippen molar-refractivity contribution in [2.75, 3.05) is 0 Å². The van der Waals surface area contributed by atoms with Crippen LogP contribution in [0.15, 0.2) is 24.5 Å². The number of carbonyl (C=O) groups is 1. The van der Waals surface area contributed by atoms with Crippen molar-refractivity contribution >= 4 is 11.7 Å². The van der Waals surface area contributed by atoms with Crippen molar-refractivity contribution < 1.29 is 19.2 Å². The van der Waals surface area contributed by atoms with Gasteiger partial charge >= 0.3 is 5.97 Å². The number of aromatic nitrogens is 2. The zero-order valence-corrected chi connectivity index (χ0v) is 11.1. The van der Waals surface area contributed by atoms with Crippen LogP contribution in [0, 0.1) is 15.9 Å². The van der Waals surface area contributed by atoms with E-state index < -0.39 is 28.0 Å². The molecule has 0 amide bonds. The predicted molar refractivity (Wildman–Crippen MR) is 71.1 cm³/mol. The number of nitrogens with zero attached hydrogens (tertiary/aromatic N) is 3. The summed E-state index contributed by atoms with van der Waals surface area (Å²) >= 11 is 0. The van der Waals surface area contributed by atoms with Gasteiger partial charge in [0.1, 0.15) is 17.3 Å². The molecule has 110 valence electrons. The monoisotopic (exact) mass is 293 g/mol. The number of aromatic carboxylic acids is 1. The van der Waals surface area contributed by atoms with Gasteiger partial charge in [0, 0.05) is 18.8 Å². The first kappa shape index (κ1) is 14.6. The molecule has 0 aliphatic rings. The molecule has 0 aliphatic heterocycles. The van der Waals surface area contributed by atoms with Crippen LogP contribution in [0.25, 0.3) is 5.69 Å². The largest absolute Gasteiger partial charge is 0.478 e. The second-order valence-electron chi connectivity index (χ2n) is 4.35. The van der Waals surface area contributed by atoms with Gasteiger partial charge in [0.2, 0.25) is 0 Å². The molecule has 0 unspecified atom stereocenters. The van der Waals surface area contributed by atoms with Gasteiger partial charge in [0.05, 0.1) is 16.6 Å². The van der Waals surface area contributed by atoms with Crippen LogP contribution in [0.3, 0.4) is 0 Å². The molecule has 2 rings (SSSR count). The van der Waals surface area contributed by atoms with E-state index in [0.29, 0.717) is 18.3 Å². The molecule has 0 aliphatic carbocycles. The van der Waals surface area contributed by atoms with Crippen molar-refractivity contribution in [3.8, 4) is 5.69 Å². The average molecular weight is 293 g/mol. The number of halogens is 1. The maximum absolute atomic E-state index is 13.6. The van der Waals surface area contributed by atoms with Gasteiger partial charge in [0.25, 0.3) is 5.69 Å². The Kier molecular flexibility index (Phi) is 3.97. The van der Waals surface area contributed by atoms with Crippen LogP contribution in [-0.4, -0.2) is 25.6 Å². The lowest BCUT2D eigenvalue weighted by Gasteiger charge is -2.09. The summed E-state index contributed by atoms with van der Waals surface area (Å²) in [4.78, 5) is 25.4. The summed E-state index contributed by atoms with van der Waals surface area (Å²) in [7, 11) is 0. The fraction of sp³-hybridized carbons (Fsp3) is 0.231. The van der Waals surface area contributed by atoms with Gasteiger partial charge in [0.15, 0.2) is 0 Å². The van der Waals surface area contributed by atoms with Crippen molar-refractivity contribution in [2.24, 2.45) is 0 Å². The Bertz CT molecular complexity index is 711. The predicted octanol–water partition coefficient (Wildman–Crippen LogP) is 2.57. The van der Waals surface area contributed by atoms with E-state index in [-0.39, 0.29) is 5.69 Å². The minimum atomic E-state index is -1.49. The number of benzene rings is 1. The van der Waals surface area contributed by atoms with Gasteiger partial charge in [-0.15, -0.1) is 0 Å². The van der Waals surface area contributed by atoms with Gasteiger partial charge in [-0.2, -0.15) is 0 Å². The van der Waals surface area contributed by atoms with Crippen LogP contribution in [0.2, 0.25) is 0 Å². The number of nitro groups is 1. The lowest BCUT2D eigenvalue weighted by Crippen LogP contribution is -2.08. The van der Waals surface area contributed by atoms with Gasteiger partial charge in [-0.3, -0.25) is 14.7 Å². The Morgan fingerprint density at radius 2 is 2.24 bits per heavy atom. The molecule has 0 atom stereocenters. The van der Waals surface area contributed by atoms with Crippen molar-refractivity contribution in [3.63, 3.8) is 0 Å². The number of imidazole rings is 1. The molecule has 0 radical (unpaired) electrons. The summed E-state index contributed by atoms with van der Waals surface area (Å²) in [5.74, 6) is -2.08. The average Bonchev–Trinajstić information content (AvgIpc) is 2.86. The molecule has 0 saturated carbocycles. The molecule has 0 spiro atoms. The van der Waals surface area contributed by atoms with Gasteiger partial charge in [-0.05, 0) is 12.5 Å². The van der Waals surface area contributed by atoms with Crippen molar-refractivity contribution in [1.29, 1.82) is 0 Å². The Labute approximate surface area is 118 Å². The second-order valence-corrected chi connectivity index (χ2v) is 4.35. The lowest BCUT2D eigenvalue weighted by atomic mass is 10.1. The van der Waals surface area contributed by atoms with E-state index in [0.717, 1.165) is 12.5 Å². The van der Waals surface area contributed by atoms with E-state index in [2.05, 4.69) is 4.98 Å². The number of carboxylic acid groups (broad SMARTS) is 1. The van der Waals surface area contributed by atoms with Gasteiger partial charge in [-0.1, -0.05) is 6.92 Å². The first-order valence-electron chi connectivity index (χ1n) is 6.19. The number of hydrogen-bond donors (Lipinski definition) is 1. The quantitative estimate of drug-likeness (QED) is 0.674. The smallest absolute Gasteiger partial charge is 0.338 e. The molecule has 1 aromatic carbocycles. The molecule has 0 fully saturated rings. The molecular formula is C13H12FN3O4. The highest BCUT2D eigenvalue weighted by Crippen LogP contribution is 2.27. The minimum absolute atomic E-state index is 0.0141. The number of nitro benzene ring substituents is 1. The van der Waals surface area contributed by atoms with E-state index in [1.165, 1.54) is 17.0 Å². The molecule has 1 heterocycles. The summed E-state index contributed by atoms with van der Waals surface area (Å²) in [6.07, 6.45) is 4.26. The third kappa shape index (κ3) is 2.73. The van der Waals surface area contributed by atoms with E-state index in [4.69, 9.17) is 5.11 Å². The van der Waals surface area contributed by atoms with Crippen LogP contribution in [0.1, 0.15) is 29.5 Å². The SMILES string of the molecule is CCCc1nccn1-c1cc(C(=O)O)c(F)cc1[N+](=O)[O-]. The van der Waals surface area contributed by atoms with Crippen LogP contribution < -0.4 is 0 Å². The summed E-state index contributed by atoms with van der Waals surface area (Å²) in [6.45, 7) is 1.92. The summed E-state index contributed by atoms with van der Waals surface area (Å²) in [5, 5.41) is 20.0. The minimum Gasteiger partial charge on any atom is -0.478 e. The molecule has 2 aromatic rings. The number of carboxylic acids is 1. The highest BCUT2D eigenvalue weighted by atomic mass is 19.1. The maximum atomic E-state index is 13.6. The standard InChI is InChI=1S/C13H12FN3O4/c1-2-3-12-15-4-5-16(12)10-6-8(13(18)19)9(14)7-11(10)17(20)21/h4-7H,2-3H2,1H3,(H,18,19). The van der Waals surface area contributed by atoms with Crippen molar-refractivity contribution in [3.05, 3.63) is 51.8 Å². The highest BCUT2D eigenvalue weighted by molar-refractivity contribution is 5.89. The normalized spacial score (nSPS) is 10.6. The summed E-state index contributed by atoms with van der Waals surface area (Å²) in [6, 6.07) is 1.57. The third-order valence-electron chi connectivity index (χ3n) is 2.94. The van der Waals surface area contributed by atoms with Crippen molar-refractivity contribution in [2.45, 2.75) is 19.8 Å². The van der Waals surface area contributed by atoms with Crippen molar-refractivity contribution in [1.82, 2.24) is 9.55 Å². The van der Waals surface area contributed by atoms with Crippen LogP contribution in [0.4, 0.5) is 10.1 Å². The molecular weight excluding hydrogens is 281 g/mol. The lowest BCUT2D eigenvalue weighted by molar-refractivity contribution is -0.384. The van der Waals surface area contributed by atoms with E-state index >= 15 is 0 Å². The fourth-order valence-corrected chi connectivity index (χ4v) is 2.02. The first-order valence-corrected chi connectivity index (χ1v) is 6.19. The van der Waals surface area contributed by atoms with E-state index in [1.54, 1.807) is 0 Å². The van der Waals surface area contributed by atoms with E-state index in [1.807, 2.05) is 6.92 Å². The Morgan fingerprint density at radius 1 is 1.52 bits per heavy atom. The number of aryl methyl sites for hydroxylation is 1. The highest BCUT2D eigenvalue weighted by Gasteiger charge is 2.23. The van der Waals surface area contributed by atoms with E-state index in [9.17, 15) is 19.3 Å². The summed E-state index contributed by atoms with van der Waals surface area (Å²) in [5.41, 5.74) is -1.14. The molecule has 1 N–H and O–H groups in total.